The second-order valence-electron chi connectivity index (χ2n) is 7.79. The first-order valence-corrected chi connectivity index (χ1v) is 10.5. The molecule has 3 aromatic rings. The van der Waals surface area contributed by atoms with Gasteiger partial charge in [0.05, 0.1) is 17.2 Å². The Morgan fingerprint density at radius 1 is 1.03 bits per heavy atom. The van der Waals surface area contributed by atoms with Gasteiger partial charge in [0.15, 0.2) is 0 Å². The van der Waals surface area contributed by atoms with Crippen molar-refractivity contribution < 1.29 is 18.7 Å². The summed E-state index contributed by atoms with van der Waals surface area (Å²) in [5.74, 6) is -1.42. The summed E-state index contributed by atoms with van der Waals surface area (Å²) in [6.45, 7) is 3.85. The van der Waals surface area contributed by atoms with Gasteiger partial charge >= 0.3 is 0 Å². The van der Waals surface area contributed by atoms with E-state index in [0.717, 1.165) is 5.56 Å². The van der Waals surface area contributed by atoms with Gasteiger partial charge in [0.1, 0.15) is 24.2 Å². The Morgan fingerprint density at radius 3 is 2.52 bits per heavy atom. The van der Waals surface area contributed by atoms with Crippen LogP contribution in [-0.4, -0.2) is 17.9 Å². The zero-order chi connectivity index (χ0) is 23.8. The van der Waals surface area contributed by atoms with E-state index in [1.54, 1.807) is 62.4 Å². The highest BCUT2D eigenvalue weighted by Gasteiger charge is 2.25. The third kappa shape index (κ3) is 6.40. The summed E-state index contributed by atoms with van der Waals surface area (Å²) in [5.41, 5.74) is 1.77. The van der Waals surface area contributed by atoms with Crippen LogP contribution in [-0.2, 0) is 11.4 Å². The Balaban J connectivity index is 1.65. The number of amides is 2. The first-order chi connectivity index (χ1) is 15.9. The molecule has 7 heteroatoms. The van der Waals surface area contributed by atoms with Gasteiger partial charge in [0.25, 0.3) is 5.91 Å². The Hall–Kier alpha value is -4.18. The van der Waals surface area contributed by atoms with E-state index in [-0.39, 0.29) is 18.1 Å². The molecule has 0 bridgehead atoms. The molecule has 0 spiro atoms. The fourth-order valence-corrected chi connectivity index (χ4v) is 3.18. The predicted molar refractivity (Wildman–Crippen MR) is 123 cm³/mol. The Labute approximate surface area is 192 Å². The molecule has 0 radical (unpaired) electrons. The maximum atomic E-state index is 13.9. The number of anilines is 1. The van der Waals surface area contributed by atoms with Gasteiger partial charge < -0.3 is 15.4 Å². The third-order valence-electron chi connectivity index (χ3n) is 4.92. The van der Waals surface area contributed by atoms with Crippen LogP contribution in [0.25, 0.3) is 0 Å². The van der Waals surface area contributed by atoms with E-state index in [0.29, 0.717) is 17.0 Å². The molecule has 3 rings (SSSR count). The van der Waals surface area contributed by atoms with Crippen LogP contribution in [0, 0.1) is 23.1 Å². The van der Waals surface area contributed by atoms with Crippen molar-refractivity contribution in [3.63, 3.8) is 0 Å². The molecule has 0 aliphatic heterocycles. The number of hydrogen-bond donors (Lipinski definition) is 2. The van der Waals surface area contributed by atoms with Gasteiger partial charge in [0.2, 0.25) is 5.91 Å². The minimum atomic E-state index is -0.865. The quantitative estimate of drug-likeness (QED) is 0.527. The summed E-state index contributed by atoms with van der Waals surface area (Å²) in [4.78, 5) is 25.4. The number of benzene rings is 3. The third-order valence-corrected chi connectivity index (χ3v) is 4.92. The molecule has 33 heavy (non-hydrogen) atoms. The first kappa shape index (κ1) is 23.5. The lowest BCUT2D eigenvalue weighted by molar-refractivity contribution is -0.118. The molecule has 0 saturated carbocycles. The van der Waals surface area contributed by atoms with Crippen molar-refractivity contribution in [1.82, 2.24) is 5.32 Å². The molecule has 1 atom stereocenters. The van der Waals surface area contributed by atoms with E-state index >= 15 is 0 Å². The zero-order valence-electron chi connectivity index (χ0n) is 18.3. The van der Waals surface area contributed by atoms with Crippen LogP contribution in [0.1, 0.15) is 35.3 Å². The molecule has 0 saturated heterocycles. The smallest absolute Gasteiger partial charge is 0.254 e. The zero-order valence-corrected chi connectivity index (χ0v) is 18.3. The van der Waals surface area contributed by atoms with Gasteiger partial charge in [-0.15, -0.1) is 0 Å². The number of rotatable bonds is 8. The number of halogens is 1. The van der Waals surface area contributed by atoms with E-state index < -0.39 is 23.7 Å². The van der Waals surface area contributed by atoms with Crippen molar-refractivity contribution in [3.05, 3.63) is 95.3 Å². The van der Waals surface area contributed by atoms with Crippen molar-refractivity contribution >= 4 is 17.5 Å². The van der Waals surface area contributed by atoms with Crippen LogP contribution in [0.2, 0.25) is 0 Å². The lowest BCUT2D eigenvalue weighted by Crippen LogP contribution is -2.47. The van der Waals surface area contributed by atoms with Gasteiger partial charge in [-0.1, -0.05) is 44.2 Å². The molecule has 0 aromatic heterocycles. The largest absolute Gasteiger partial charge is 0.489 e. The van der Waals surface area contributed by atoms with Crippen molar-refractivity contribution in [2.75, 3.05) is 5.32 Å². The number of nitrogens with one attached hydrogen (secondary N) is 2. The number of nitriles is 1. The monoisotopic (exact) mass is 445 g/mol. The minimum Gasteiger partial charge on any atom is -0.489 e. The standard InChI is InChI=1S/C26H24FN3O3/c1-17(2)24(30-25(31)22-11-3-4-12-23(22)27)26(32)29-20-9-6-10-21(14-20)33-16-19-8-5-7-18(13-19)15-28/h3-14,17,24H,16H2,1-2H3,(H,29,32)(H,30,31). The molecule has 0 aliphatic carbocycles. The highest BCUT2D eigenvalue weighted by atomic mass is 19.1. The van der Waals surface area contributed by atoms with Crippen molar-refractivity contribution in [2.24, 2.45) is 5.92 Å². The van der Waals surface area contributed by atoms with Crippen LogP contribution in [0.4, 0.5) is 10.1 Å². The fourth-order valence-electron chi connectivity index (χ4n) is 3.18. The molecule has 0 heterocycles. The lowest BCUT2D eigenvalue weighted by atomic mass is 10.0. The van der Waals surface area contributed by atoms with Crippen LogP contribution >= 0.6 is 0 Å². The summed E-state index contributed by atoms with van der Waals surface area (Å²) in [6, 6.07) is 20.8. The highest BCUT2D eigenvalue weighted by Crippen LogP contribution is 2.20. The Bertz CT molecular complexity index is 1190. The number of ether oxygens (including phenoxy) is 1. The molecule has 6 nitrogen and oxygen atoms in total. The molecule has 2 N–H and O–H groups in total. The molecule has 0 aliphatic rings. The molecule has 2 amide bonds. The molecule has 1 unspecified atom stereocenters. The second kappa shape index (κ2) is 10.9. The average molecular weight is 445 g/mol. The maximum Gasteiger partial charge on any atom is 0.254 e. The maximum absolute atomic E-state index is 13.9. The van der Waals surface area contributed by atoms with Crippen molar-refractivity contribution in [2.45, 2.75) is 26.5 Å². The minimum absolute atomic E-state index is 0.119. The summed E-state index contributed by atoms with van der Waals surface area (Å²) in [6.07, 6.45) is 0. The second-order valence-corrected chi connectivity index (χ2v) is 7.79. The van der Waals surface area contributed by atoms with Crippen molar-refractivity contribution in [3.8, 4) is 11.8 Å². The van der Waals surface area contributed by atoms with E-state index in [2.05, 4.69) is 16.7 Å². The molecule has 3 aromatic carbocycles. The van der Waals surface area contributed by atoms with Crippen LogP contribution < -0.4 is 15.4 Å². The van der Waals surface area contributed by atoms with Crippen LogP contribution in [0.5, 0.6) is 5.75 Å². The number of carbonyl (C=O) groups excluding carboxylic acids is 2. The molecule has 168 valence electrons. The number of hydrogen-bond acceptors (Lipinski definition) is 4. The number of nitrogens with zero attached hydrogens (tertiary/aromatic N) is 1. The SMILES string of the molecule is CC(C)C(NC(=O)c1ccccc1F)C(=O)Nc1cccc(OCc2cccc(C#N)c2)c1. The predicted octanol–water partition coefficient (Wildman–Crippen LogP) is 4.67. The van der Waals surface area contributed by atoms with Gasteiger partial charge in [-0.3, -0.25) is 9.59 Å². The molecular weight excluding hydrogens is 421 g/mol. The highest BCUT2D eigenvalue weighted by molar-refractivity contribution is 6.01. The summed E-state index contributed by atoms with van der Waals surface area (Å²) < 4.78 is 19.7. The summed E-state index contributed by atoms with van der Waals surface area (Å²) >= 11 is 0. The first-order valence-electron chi connectivity index (χ1n) is 10.5. The topological polar surface area (TPSA) is 91.2 Å². The van der Waals surface area contributed by atoms with E-state index in [1.807, 2.05) is 6.07 Å². The van der Waals surface area contributed by atoms with Crippen LogP contribution in [0.15, 0.2) is 72.8 Å². The van der Waals surface area contributed by atoms with Gasteiger partial charge in [0, 0.05) is 11.8 Å². The van der Waals surface area contributed by atoms with Gasteiger partial charge in [-0.25, -0.2) is 4.39 Å². The van der Waals surface area contributed by atoms with Gasteiger partial charge in [-0.2, -0.15) is 5.26 Å². The normalized spacial score (nSPS) is 11.4. The molecule has 0 fully saturated rings. The van der Waals surface area contributed by atoms with E-state index in [1.165, 1.54) is 18.2 Å². The van der Waals surface area contributed by atoms with Crippen LogP contribution in [0.3, 0.4) is 0 Å². The number of carbonyl (C=O) groups is 2. The average Bonchev–Trinajstić information content (AvgIpc) is 2.81. The van der Waals surface area contributed by atoms with E-state index in [4.69, 9.17) is 10.00 Å². The summed E-state index contributed by atoms with van der Waals surface area (Å²) in [7, 11) is 0. The lowest BCUT2D eigenvalue weighted by Gasteiger charge is -2.22. The van der Waals surface area contributed by atoms with Crippen molar-refractivity contribution in [1.29, 1.82) is 5.26 Å². The Morgan fingerprint density at radius 2 is 1.79 bits per heavy atom. The summed E-state index contributed by atoms with van der Waals surface area (Å²) in [5, 5.41) is 14.4. The fraction of sp³-hybridized carbons (Fsp3) is 0.192. The van der Waals surface area contributed by atoms with Gasteiger partial charge in [-0.05, 0) is 47.9 Å². The molecular formula is C26H24FN3O3. The Kier molecular flexibility index (Phi) is 7.77. The van der Waals surface area contributed by atoms with E-state index in [9.17, 15) is 14.0 Å².